The van der Waals surface area contributed by atoms with Crippen molar-refractivity contribution < 1.29 is 9.90 Å². The zero-order valence-electron chi connectivity index (χ0n) is 10.6. The fourth-order valence-electron chi connectivity index (χ4n) is 1.61. The number of aromatic hydroxyl groups is 1. The largest absolute Gasteiger partial charge is 0.508 e. The highest BCUT2D eigenvalue weighted by atomic mass is 16.3. The first-order chi connectivity index (χ1) is 9.69. The molecule has 2 rings (SSSR count). The summed E-state index contributed by atoms with van der Waals surface area (Å²) >= 11 is 0. The predicted octanol–water partition coefficient (Wildman–Crippen LogP) is 2.94. The van der Waals surface area contributed by atoms with Crippen LogP contribution in [0.25, 0.3) is 6.08 Å². The van der Waals surface area contributed by atoms with Crippen LogP contribution in [-0.2, 0) is 4.79 Å². The van der Waals surface area contributed by atoms with Crippen LogP contribution in [0, 0.1) is 11.3 Å². The number of nitrogens with one attached hydrogen (secondary N) is 1. The highest BCUT2D eigenvalue weighted by molar-refractivity contribution is 6.09. The second kappa shape index (κ2) is 6.21. The second-order valence-corrected chi connectivity index (χ2v) is 4.08. The number of phenolic OH excluding ortho intramolecular Hbond substituents is 1. The van der Waals surface area contributed by atoms with Gasteiger partial charge < -0.3 is 10.4 Å². The molecule has 0 aliphatic carbocycles. The molecule has 0 aliphatic heterocycles. The Labute approximate surface area is 116 Å². The minimum atomic E-state index is -0.466. The molecule has 2 aromatic carbocycles. The van der Waals surface area contributed by atoms with E-state index in [4.69, 9.17) is 5.26 Å². The van der Waals surface area contributed by atoms with Gasteiger partial charge in [-0.25, -0.2) is 0 Å². The van der Waals surface area contributed by atoms with Gasteiger partial charge in [-0.15, -0.1) is 0 Å². The quantitative estimate of drug-likeness (QED) is 0.661. The average Bonchev–Trinajstić information content (AvgIpc) is 2.47. The van der Waals surface area contributed by atoms with Gasteiger partial charge in [-0.05, 0) is 35.9 Å². The highest BCUT2D eigenvalue weighted by Crippen LogP contribution is 2.14. The van der Waals surface area contributed by atoms with Gasteiger partial charge >= 0.3 is 0 Å². The average molecular weight is 264 g/mol. The molecule has 0 unspecified atom stereocenters. The van der Waals surface area contributed by atoms with Crippen LogP contribution in [0.15, 0.2) is 60.2 Å². The molecule has 2 N–H and O–H groups in total. The van der Waals surface area contributed by atoms with Gasteiger partial charge in [0.2, 0.25) is 0 Å². The number of carbonyl (C=O) groups excluding carboxylic acids is 1. The zero-order valence-corrected chi connectivity index (χ0v) is 10.6. The monoisotopic (exact) mass is 264 g/mol. The molecule has 0 aromatic heterocycles. The van der Waals surface area contributed by atoms with Crippen molar-refractivity contribution in [1.82, 2.24) is 0 Å². The van der Waals surface area contributed by atoms with Crippen LogP contribution in [0.5, 0.6) is 5.75 Å². The predicted molar refractivity (Wildman–Crippen MR) is 76.8 cm³/mol. The van der Waals surface area contributed by atoms with Gasteiger partial charge in [-0.3, -0.25) is 4.79 Å². The van der Waals surface area contributed by atoms with E-state index in [2.05, 4.69) is 5.32 Å². The summed E-state index contributed by atoms with van der Waals surface area (Å²) in [5.41, 5.74) is 1.30. The Balaban J connectivity index is 2.18. The van der Waals surface area contributed by atoms with Gasteiger partial charge in [0.25, 0.3) is 5.91 Å². The molecule has 0 radical (unpaired) electrons. The van der Waals surface area contributed by atoms with E-state index in [0.29, 0.717) is 11.3 Å². The molecule has 4 heteroatoms. The first kappa shape index (κ1) is 13.4. The number of hydrogen-bond donors (Lipinski definition) is 2. The van der Waals surface area contributed by atoms with E-state index in [1.807, 2.05) is 12.1 Å². The molecule has 0 fully saturated rings. The number of amides is 1. The lowest BCUT2D eigenvalue weighted by Gasteiger charge is -2.03. The lowest BCUT2D eigenvalue weighted by Crippen LogP contribution is -2.13. The molecule has 98 valence electrons. The summed E-state index contributed by atoms with van der Waals surface area (Å²) in [4.78, 5) is 12.0. The summed E-state index contributed by atoms with van der Waals surface area (Å²) in [5.74, 6) is -0.332. The van der Waals surface area contributed by atoms with Gasteiger partial charge in [0.15, 0.2) is 0 Å². The number of nitrogens with zero attached hydrogens (tertiary/aromatic N) is 1. The van der Waals surface area contributed by atoms with Crippen molar-refractivity contribution in [2.24, 2.45) is 0 Å². The van der Waals surface area contributed by atoms with Crippen LogP contribution >= 0.6 is 0 Å². The molecule has 2 aromatic rings. The van der Waals surface area contributed by atoms with Gasteiger partial charge in [0.05, 0.1) is 0 Å². The molecule has 0 saturated carbocycles. The topological polar surface area (TPSA) is 73.1 Å². The van der Waals surface area contributed by atoms with E-state index in [0.717, 1.165) is 0 Å². The Hall–Kier alpha value is -3.06. The third-order valence-corrected chi connectivity index (χ3v) is 2.60. The smallest absolute Gasteiger partial charge is 0.266 e. The Kier molecular flexibility index (Phi) is 4.15. The number of hydrogen-bond acceptors (Lipinski definition) is 3. The summed E-state index contributed by atoms with van der Waals surface area (Å²) in [5, 5.41) is 20.9. The second-order valence-electron chi connectivity index (χ2n) is 4.08. The number of phenols is 1. The number of carbonyl (C=O) groups is 1. The Morgan fingerprint density at radius 1 is 1.10 bits per heavy atom. The molecular formula is C16H12N2O2. The minimum absolute atomic E-state index is 0.000423. The number of rotatable bonds is 3. The molecule has 0 aliphatic rings. The molecular weight excluding hydrogens is 252 g/mol. The standard InChI is InChI=1S/C16H12N2O2/c17-11-13(10-12-6-8-15(19)9-7-12)16(20)18-14-4-2-1-3-5-14/h1-10,19H,(H,18,20). The third kappa shape index (κ3) is 3.47. The van der Waals surface area contributed by atoms with Crippen LogP contribution < -0.4 is 5.32 Å². The maximum atomic E-state index is 12.0. The fourth-order valence-corrected chi connectivity index (χ4v) is 1.61. The van der Waals surface area contributed by atoms with Crippen molar-refractivity contribution in [3.8, 4) is 11.8 Å². The maximum absolute atomic E-state index is 12.0. The van der Waals surface area contributed by atoms with Crippen molar-refractivity contribution in [2.75, 3.05) is 5.32 Å². The van der Waals surface area contributed by atoms with E-state index in [-0.39, 0.29) is 11.3 Å². The van der Waals surface area contributed by atoms with Crippen molar-refractivity contribution >= 4 is 17.7 Å². The molecule has 0 atom stereocenters. The number of para-hydroxylation sites is 1. The fraction of sp³-hybridized carbons (Fsp3) is 0. The zero-order chi connectivity index (χ0) is 14.4. The normalized spacial score (nSPS) is 10.7. The third-order valence-electron chi connectivity index (χ3n) is 2.60. The lowest BCUT2D eigenvalue weighted by atomic mass is 10.1. The van der Waals surface area contributed by atoms with Gasteiger partial charge in [-0.1, -0.05) is 30.3 Å². The van der Waals surface area contributed by atoms with Crippen LogP contribution in [0.2, 0.25) is 0 Å². The summed E-state index contributed by atoms with van der Waals surface area (Å²) < 4.78 is 0. The minimum Gasteiger partial charge on any atom is -0.508 e. The summed E-state index contributed by atoms with van der Waals surface area (Å²) in [7, 11) is 0. The summed E-state index contributed by atoms with van der Waals surface area (Å²) in [6, 6.07) is 17.0. The molecule has 0 heterocycles. The Bertz CT molecular complexity index is 668. The Morgan fingerprint density at radius 3 is 2.35 bits per heavy atom. The van der Waals surface area contributed by atoms with E-state index in [1.54, 1.807) is 36.4 Å². The van der Waals surface area contributed by atoms with Gasteiger partial charge in [0.1, 0.15) is 17.4 Å². The summed E-state index contributed by atoms with van der Waals surface area (Å²) in [6.07, 6.45) is 1.47. The molecule has 1 amide bonds. The molecule has 20 heavy (non-hydrogen) atoms. The SMILES string of the molecule is N#CC(=Cc1ccc(O)cc1)C(=O)Nc1ccccc1. The highest BCUT2D eigenvalue weighted by Gasteiger charge is 2.09. The van der Waals surface area contributed by atoms with E-state index in [9.17, 15) is 9.90 Å². The van der Waals surface area contributed by atoms with Crippen LogP contribution in [0.3, 0.4) is 0 Å². The van der Waals surface area contributed by atoms with Crippen molar-refractivity contribution in [3.63, 3.8) is 0 Å². The first-order valence-corrected chi connectivity index (χ1v) is 5.96. The first-order valence-electron chi connectivity index (χ1n) is 5.96. The maximum Gasteiger partial charge on any atom is 0.266 e. The molecule has 0 bridgehead atoms. The van der Waals surface area contributed by atoms with Crippen molar-refractivity contribution in [1.29, 1.82) is 5.26 Å². The van der Waals surface area contributed by atoms with E-state index in [1.165, 1.54) is 18.2 Å². The van der Waals surface area contributed by atoms with E-state index < -0.39 is 5.91 Å². The molecule has 0 spiro atoms. The number of benzene rings is 2. The van der Waals surface area contributed by atoms with Crippen LogP contribution in [0.4, 0.5) is 5.69 Å². The van der Waals surface area contributed by atoms with Gasteiger partial charge in [0, 0.05) is 5.69 Å². The number of nitriles is 1. The Morgan fingerprint density at radius 2 is 1.75 bits per heavy atom. The number of anilines is 1. The van der Waals surface area contributed by atoms with Crippen LogP contribution in [0.1, 0.15) is 5.56 Å². The lowest BCUT2D eigenvalue weighted by molar-refractivity contribution is -0.112. The van der Waals surface area contributed by atoms with Crippen molar-refractivity contribution in [3.05, 3.63) is 65.7 Å². The van der Waals surface area contributed by atoms with Crippen molar-refractivity contribution in [2.45, 2.75) is 0 Å². The van der Waals surface area contributed by atoms with Gasteiger partial charge in [-0.2, -0.15) is 5.26 Å². The molecule has 0 saturated heterocycles. The summed E-state index contributed by atoms with van der Waals surface area (Å²) in [6.45, 7) is 0. The van der Waals surface area contributed by atoms with Crippen LogP contribution in [-0.4, -0.2) is 11.0 Å². The molecule has 4 nitrogen and oxygen atoms in total. The van der Waals surface area contributed by atoms with E-state index >= 15 is 0 Å².